The van der Waals surface area contributed by atoms with Gasteiger partial charge in [0.05, 0.1) is 27.5 Å². The highest BCUT2D eigenvalue weighted by atomic mass is 35.5. The molecule has 0 spiro atoms. The van der Waals surface area contributed by atoms with Crippen LogP contribution in [0.5, 0.6) is 0 Å². The molecular weight excluding hydrogens is 528 g/mol. The van der Waals surface area contributed by atoms with Crippen molar-refractivity contribution in [3.8, 4) is 0 Å². The van der Waals surface area contributed by atoms with Crippen molar-refractivity contribution < 1.29 is 9.59 Å². The molecule has 1 atom stereocenters. The van der Waals surface area contributed by atoms with E-state index >= 15 is 0 Å². The van der Waals surface area contributed by atoms with Crippen molar-refractivity contribution in [2.45, 2.75) is 31.6 Å². The number of benzene rings is 2. The summed E-state index contributed by atoms with van der Waals surface area (Å²) in [6.07, 6.45) is 0. The molecule has 0 aliphatic carbocycles. The van der Waals surface area contributed by atoms with Crippen molar-refractivity contribution in [1.29, 1.82) is 0 Å². The summed E-state index contributed by atoms with van der Waals surface area (Å²) >= 11 is 25.2. The first-order valence-electron chi connectivity index (χ1n) is 9.76. The molecule has 2 N–H and O–H groups in total. The summed E-state index contributed by atoms with van der Waals surface area (Å²) in [5.41, 5.74) is 0.782. The second-order valence-corrected chi connectivity index (χ2v) is 9.50. The average molecular weight is 547 g/mol. The predicted molar refractivity (Wildman–Crippen MR) is 134 cm³/mol. The number of carbonyl (C=O) groups is 2. The van der Waals surface area contributed by atoms with E-state index in [9.17, 15) is 9.59 Å². The minimum atomic E-state index is -0.407. The van der Waals surface area contributed by atoms with Gasteiger partial charge in [-0.2, -0.15) is 0 Å². The molecule has 0 aliphatic rings. The van der Waals surface area contributed by atoms with Crippen molar-refractivity contribution in [3.05, 3.63) is 67.9 Å². The lowest BCUT2D eigenvalue weighted by molar-refractivity contribution is -0.113. The van der Waals surface area contributed by atoms with Gasteiger partial charge in [0.25, 0.3) is 5.91 Å². The Morgan fingerprint density at radius 2 is 1.67 bits per heavy atom. The molecule has 3 aromatic rings. The summed E-state index contributed by atoms with van der Waals surface area (Å²) in [7, 11) is 0. The molecule has 2 amide bonds. The molecule has 7 nitrogen and oxygen atoms in total. The maximum atomic E-state index is 12.5. The molecule has 1 heterocycles. The van der Waals surface area contributed by atoms with E-state index in [1.54, 1.807) is 24.3 Å². The average Bonchev–Trinajstić information content (AvgIpc) is 3.18. The van der Waals surface area contributed by atoms with Gasteiger partial charge in [-0.1, -0.05) is 58.2 Å². The molecule has 33 heavy (non-hydrogen) atoms. The van der Waals surface area contributed by atoms with Crippen LogP contribution in [-0.2, 0) is 11.3 Å². The van der Waals surface area contributed by atoms with Crippen molar-refractivity contribution in [3.63, 3.8) is 0 Å². The van der Waals surface area contributed by atoms with Crippen LogP contribution in [0.1, 0.15) is 36.1 Å². The summed E-state index contributed by atoms with van der Waals surface area (Å²) in [6, 6.07) is 9.19. The lowest BCUT2D eigenvalue weighted by atomic mass is 10.2. The molecule has 3 rings (SSSR count). The number of nitrogens with one attached hydrogen (secondary N) is 2. The molecule has 2 aromatic carbocycles. The number of nitrogens with zero attached hydrogens (tertiary/aromatic N) is 3. The summed E-state index contributed by atoms with van der Waals surface area (Å²) in [5, 5.41) is 15.9. The van der Waals surface area contributed by atoms with E-state index in [-0.39, 0.29) is 27.6 Å². The highest BCUT2D eigenvalue weighted by Crippen LogP contribution is 2.34. The third-order valence-electron chi connectivity index (χ3n) is 4.51. The lowest BCUT2D eigenvalue weighted by Gasteiger charge is -2.15. The fraction of sp³-hybridized carbons (Fsp3) is 0.238. The molecular formula is C21H19Cl4N5O2S. The molecule has 0 saturated carbocycles. The van der Waals surface area contributed by atoms with Crippen molar-refractivity contribution in [2.75, 3.05) is 11.1 Å². The highest BCUT2D eigenvalue weighted by Gasteiger charge is 2.20. The fourth-order valence-corrected chi connectivity index (χ4v) is 4.78. The topological polar surface area (TPSA) is 88.9 Å². The molecule has 0 bridgehead atoms. The number of rotatable bonds is 8. The van der Waals surface area contributed by atoms with E-state index in [2.05, 4.69) is 20.8 Å². The number of anilines is 1. The van der Waals surface area contributed by atoms with Gasteiger partial charge in [0.2, 0.25) is 5.91 Å². The summed E-state index contributed by atoms with van der Waals surface area (Å²) in [5.74, 6) is 0.0582. The lowest BCUT2D eigenvalue weighted by Crippen LogP contribution is -2.28. The van der Waals surface area contributed by atoms with Gasteiger partial charge in [0.15, 0.2) is 11.0 Å². The van der Waals surface area contributed by atoms with Crippen LogP contribution in [0, 0.1) is 0 Å². The van der Waals surface area contributed by atoms with Crippen LogP contribution in [0.15, 0.2) is 41.6 Å². The van der Waals surface area contributed by atoms with Gasteiger partial charge in [0, 0.05) is 22.2 Å². The Bertz CT molecular complexity index is 1150. The minimum absolute atomic E-state index is 0.0545. The number of aromatic nitrogens is 3. The smallest absolute Gasteiger partial charge is 0.251 e. The Labute approximate surface area is 215 Å². The van der Waals surface area contributed by atoms with E-state index in [4.69, 9.17) is 46.4 Å². The van der Waals surface area contributed by atoms with Crippen molar-refractivity contribution >= 4 is 75.7 Å². The van der Waals surface area contributed by atoms with Crippen LogP contribution < -0.4 is 10.6 Å². The van der Waals surface area contributed by atoms with Crippen molar-refractivity contribution in [1.82, 2.24) is 20.1 Å². The quantitative estimate of drug-likeness (QED) is 0.331. The third-order valence-corrected chi connectivity index (χ3v) is 6.54. The predicted octanol–water partition coefficient (Wildman–Crippen LogP) is 6.13. The van der Waals surface area contributed by atoms with Crippen LogP contribution in [0.2, 0.25) is 20.1 Å². The van der Waals surface area contributed by atoms with E-state index in [1.165, 1.54) is 23.9 Å². The Kier molecular flexibility index (Phi) is 8.89. The SMILES string of the molecule is CCn1c(SCC(=O)Nc2c(Cl)cc(Cl)cc2Cl)nnc1[C@@H](C)NC(=O)c1ccc(Cl)cc1. The van der Waals surface area contributed by atoms with Gasteiger partial charge in [-0.15, -0.1) is 10.2 Å². The number of amides is 2. The molecule has 0 unspecified atom stereocenters. The molecule has 1 aromatic heterocycles. The number of hydrogen-bond acceptors (Lipinski definition) is 5. The molecule has 174 valence electrons. The summed E-state index contributed by atoms with van der Waals surface area (Å²) in [4.78, 5) is 24.9. The number of hydrogen-bond donors (Lipinski definition) is 2. The first kappa shape index (κ1) is 25.6. The van der Waals surface area contributed by atoms with E-state index < -0.39 is 6.04 Å². The Hall–Kier alpha value is -1.97. The minimum Gasteiger partial charge on any atom is -0.342 e. The maximum Gasteiger partial charge on any atom is 0.251 e. The van der Waals surface area contributed by atoms with E-state index in [1.807, 2.05) is 18.4 Å². The Morgan fingerprint density at radius 3 is 2.27 bits per heavy atom. The van der Waals surface area contributed by atoms with Crippen LogP contribution >= 0.6 is 58.2 Å². The molecule has 0 fully saturated rings. The number of halogens is 4. The Morgan fingerprint density at radius 1 is 1.03 bits per heavy atom. The van der Waals surface area contributed by atoms with Gasteiger partial charge in [-0.25, -0.2) is 0 Å². The largest absolute Gasteiger partial charge is 0.342 e. The zero-order valence-electron chi connectivity index (χ0n) is 17.5. The van der Waals surface area contributed by atoms with Crippen molar-refractivity contribution in [2.24, 2.45) is 0 Å². The van der Waals surface area contributed by atoms with Gasteiger partial charge in [-0.3, -0.25) is 9.59 Å². The van der Waals surface area contributed by atoms with Gasteiger partial charge >= 0.3 is 0 Å². The first-order chi connectivity index (χ1) is 15.7. The molecule has 0 saturated heterocycles. The highest BCUT2D eigenvalue weighted by molar-refractivity contribution is 7.99. The van der Waals surface area contributed by atoms with Crippen LogP contribution in [0.4, 0.5) is 5.69 Å². The number of thioether (sulfide) groups is 1. The van der Waals surface area contributed by atoms with Gasteiger partial charge in [0.1, 0.15) is 0 Å². The molecule has 0 aliphatic heterocycles. The number of carbonyl (C=O) groups excluding carboxylic acids is 2. The molecule has 0 radical (unpaired) electrons. The zero-order valence-corrected chi connectivity index (χ0v) is 21.4. The zero-order chi connectivity index (χ0) is 24.1. The monoisotopic (exact) mass is 545 g/mol. The summed E-state index contributed by atoms with van der Waals surface area (Å²) < 4.78 is 1.84. The van der Waals surface area contributed by atoms with Gasteiger partial charge in [-0.05, 0) is 50.2 Å². The van der Waals surface area contributed by atoms with Gasteiger partial charge < -0.3 is 15.2 Å². The second-order valence-electron chi connectivity index (χ2n) is 6.87. The van der Waals surface area contributed by atoms with Crippen LogP contribution in [0.25, 0.3) is 0 Å². The second kappa shape index (κ2) is 11.4. The first-order valence-corrected chi connectivity index (χ1v) is 12.3. The van der Waals surface area contributed by atoms with E-state index in [0.29, 0.717) is 38.8 Å². The normalized spacial score (nSPS) is 11.8. The molecule has 12 heteroatoms. The van der Waals surface area contributed by atoms with E-state index in [0.717, 1.165) is 0 Å². The van der Waals surface area contributed by atoms with Crippen LogP contribution in [0.3, 0.4) is 0 Å². The van der Waals surface area contributed by atoms with Crippen LogP contribution in [-0.4, -0.2) is 32.3 Å². The standard InChI is InChI=1S/C21H19Cl4N5O2S/c1-3-30-19(11(2)26-20(32)12-4-6-13(22)7-5-12)28-29-21(30)33-10-17(31)27-18-15(24)8-14(23)9-16(18)25/h4-9,11H,3,10H2,1-2H3,(H,26,32)(H,27,31)/t11-/m1/s1. The fourth-order valence-electron chi connectivity index (χ4n) is 2.94. The summed E-state index contributed by atoms with van der Waals surface area (Å²) in [6.45, 7) is 4.30. The maximum absolute atomic E-state index is 12.5. The third kappa shape index (κ3) is 6.55. The Balaban J connectivity index is 1.64.